The number of carbonyl (C=O) groups is 2. The van der Waals surface area contributed by atoms with E-state index in [1.54, 1.807) is 37.5 Å². The topological polar surface area (TPSA) is 80.2 Å². The molecular weight excluding hydrogens is 402 g/mol. The van der Waals surface area contributed by atoms with Crippen LogP contribution in [0.5, 0.6) is 11.5 Å². The second-order valence-electron chi connectivity index (χ2n) is 6.36. The minimum absolute atomic E-state index is 0.0140. The van der Waals surface area contributed by atoms with Gasteiger partial charge in [-0.3, -0.25) is 14.5 Å². The largest absolute Gasteiger partial charge is 0.495 e. The quantitative estimate of drug-likeness (QED) is 0.650. The molecule has 2 aromatic carbocycles. The Labute approximate surface area is 179 Å². The van der Waals surface area contributed by atoms with Gasteiger partial charge in [-0.1, -0.05) is 42.1 Å². The summed E-state index contributed by atoms with van der Waals surface area (Å²) in [7, 11) is 3.10. The van der Waals surface area contributed by atoms with Gasteiger partial charge in [-0.05, 0) is 24.3 Å². The molecule has 156 valence electrons. The summed E-state index contributed by atoms with van der Waals surface area (Å²) in [5.41, 5.74) is 1.18. The molecule has 2 amide bonds. The van der Waals surface area contributed by atoms with Crippen molar-refractivity contribution < 1.29 is 19.1 Å². The number of hydrogen-bond donors (Lipinski definition) is 1. The molecule has 0 saturated carbocycles. The number of aliphatic imine (C=N–C) groups is 1. The maximum atomic E-state index is 12.9. The van der Waals surface area contributed by atoms with Crippen LogP contribution in [0.2, 0.25) is 0 Å². The molecule has 0 aliphatic carbocycles. The van der Waals surface area contributed by atoms with Crippen molar-refractivity contribution in [1.29, 1.82) is 0 Å². The Balaban J connectivity index is 1.78. The van der Waals surface area contributed by atoms with Gasteiger partial charge in [0.05, 0.1) is 19.9 Å². The average Bonchev–Trinajstić information content (AvgIpc) is 3.03. The van der Waals surface area contributed by atoms with E-state index in [0.29, 0.717) is 34.6 Å². The van der Waals surface area contributed by atoms with E-state index < -0.39 is 5.25 Å². The second-order valence-corrected chi connectivity index (χ2v) is 7.53. The van der Waals surface area contributed by atoms with Crippen LogP contribution in [-0.2, 0) is 9.59 Å². The number of methoxy groups -OCH3 is 2. The van der Waals surface area contributed by atoms with Crippen molar-refractivity contribution >= 4 is 40.1 Å². The molecule has 1 unspecified atom stereocenters. The number of ether oxygens (including phenoxy) is 2. The van der Waals surface area contributed by atoms with Crippen molar-refractivity contribution in [2.45, 2.75) is 11.7 Å². The van der Waals surface area contributed by atoms with Gasteiger partial charge in [0, 0.05) is 13.0 Å². The second kappa shape index (κ2) is 9.98. The van der Waals surface area contributed by atoms with E-state index in [9.17, 15) is 9.59 Å². The van der Waals surface area contributed by atoms with E-state index in [-0.39, 0.29) is 18.2 Å². The first-order valence-corrected chi connectivity index (χ1v) is 10.2. The number of amides is 2. The average molecular weight is 426 g/mol. The zero-order chi connectivity index (χ0) is 21.5. The fraction of sp³-hybridized carbons (Fsp3) is 0.227. The van der Waals surface area contributed by atoms with Crippen LogP contribution < -0.4 is 14.8 Å². The fourth-order valence-corrected chi connectivity index (χ4v) is 4.12. The SMILES string of the molecule is C=CCN1C(=O)C(CC(=O)Nc2ccccc2OC)SC1=Nc1ccccc1OC. The van der Waals surface area contributed by atoms with Gasteiger partial charge in [0.15, 0.2) is 5.17 Å². The van der Waals surface area contributed by atoms with Crippen molar-refractivity contribution in [3.05, 3.63) is 61.2 Å². The Kier molecular flexibility index (Phi) is 7.13. The van der Waals surface area contributed by atoms with Crippen LogP contribution in [0.1, 0.15) is 6.42 Å². The number of anilines is 1. The molecule has 0 aromatic heterocycles. The molecule has 2 aromatic rings. The zero-order valence-electron chi connectivity index (χ0n) is 16.8. The number of nitrogens with one attached hydrogen (secondary N) is 1. The van der Waals surface area contributed by atoms with Gasteiger partial charge in [-0.25, -0.2) is 4.99 Å². The molecule has 1 aliphatic rings. The number of hydrogen-bond acceptors (Lipinski definition) is 6. The monoisotopic (exact) mass is 425 g/mol. The summed E-state index contributed by atoms with van der Waals surface area (Å²) in [6.45, 7) is 4.03. The number of benzene rings is 2. The third kappa shape index (κ3) is 4.83. The van der Waals surface area contributed by atoms with E-state index in [2.05, 4.69) is 16.9 Å². The minimum Gasteiger partial charge on any atom is -0.495 e. The van der Waals surface area contributed by atoms with Crippen molar-refractivity contribution in [3.63, 3.8) is 0 Å². The predicted molar refractivity (Wildman–Crippen MR) is 120 cm³/mol. The molecule has 1 saturated heterocycles. The molecule has 1 N–H and O–H groups in total. The first kappa shape index (κ1) is 21.4. The van der Waals surface area contributed by atoms with Crippen LogP contribution in [0, 0.1) is 0 Å². The van der Waals surface area contributed by atoms with E-state index in [1.807, 2.05) is 24.3 Å². The third-order valence-corrected chi connectivity index (χ3v) is 5.56. The van der Waals surface area contributed by atoms with Crippen molar-refractivity contribution in [2.24, 2.45) is 4.99 Å². The summed E-state index contributed by atoms with van der Waals surface area (Å²) in [4.78, 5) is 31.6. The molecule has 0 radical (unpaired) electrons. The van der Waals surface area contributed by atoms with Gasteiger partial charge < -0.3 is 14.8 Å². The van der Waals surface area contributed by atoms with Crippen LogP contribution in [0.15, 0.2) is 66.2 Å². The molecule has 1 atom stereocenters. The highest BCUT2D eigenvalue weighted by Gasteiger charge is 2.38. The summed E-state index contributed by atoms with van der Waals surface area (Å²) in [5.74, 6) is 0.711. The Morgan fingerprint density at radius 2 is 1.83 bits per heavy atom. The van der Waals surface area contributed by atoms with E-state index in [4.69, 9.17) is 9.47 Å². The standard InChI is InChI=1S/C22H23N3O4S/c1-4-13-25-21(27)19(14-20(26)23-15-9-5-7-11-17(15)28-2)30-22(25)24-16-10-6-8-12-18(16)29-3/h4-12,19H,1,13-14H2,2-3H3,(H,23,26). The van der Waals surface area contributed by atoms with Gasteiger partial charge in [0.2, 0.25) is 11.8 Å². The van der Waals surface area contributed by atoms with Crippen LogP contribution in [0.3, 0.4) is 0 Å². The molecule has 0 spiro atoms. The maximum absolute atomic E-state index is 12.9. The Morgan fingerprint density at radius 1 is 1.17 bits per heavy atom. The predicted octanol–water partition coefficient (Wildman–Crippen LogP) is 3.85. The minimum atomic E-state index is -0.576. The number of thioether (sulfide) groups is 1. The summed E-state index contributed by atoms with van der Waals surface area (Å²) < 4.78 is 10.6. The number of para-hydroxylation sites is 4. The number of nitrogens with zero attached hydrogens (tertiary/aromatic N) is 2. The number of rotatable bonds is 8. The van der Waals surface area contributed by atoms with Gasteiger partial charge >= 0.3 is 0 Å². The first-order valence-electron chi connectivity index (χ1n) is 9.31. The van der Waals surface area contributed by atoms with Gasteiger partial charge in [0.1, 0.15) is 22.4 Å². The number of amidine groups is 1. The fourth-order valence-electron chi connectivity index (χ4n) is 2.96. The molecule has 1 aliphatic heterocycles. The van der Waals surface area contributed by atoms with Crippen molar-refractivity contribution in [3.8, 4) is 11.5 Å². The summed E-state index contributed by atoms with van der Waals surface area (Å²) >= 11 is 1.26. The van der Waals surface area contributed by atoms with Gasteiger partial charge in [0.25, 0.3) is 0 Å². The molecule has 1 heterocycles. The van der Waals surface area contributed by atoms with E-state index >= 15 is 0 Å². The number of carbonyl (C=O) groups excluding carboxylic acids is 2. The third-order valence-electron chi connectivity index (χ3n) is 4.38. The summed E-state index contributed by atoms with van der Waals surface area (Å²) in [5, 5.41) is 2.75. The lowest BCUT2D eigenvalue weighted by atomic mass is 10.2. The Hall–Kier alpha value is -3.26. The molecule has 0 bridgehead atoms. The maximum Gasteiger partial charge on any atom is 0.242 e. The molecule has 3 rings (SSSR count). The van der Waals surface area contributed by atoms with Crippen LogP contribution in [0.25, 0.3) is 0 Å². The highest BCUT2D eigenvalue weighted by molar-refractivity contribution is 8.15. The normalized spacial score (nSPS) is 17.1. The highest BCUT2D eigenvalue weighted by atomic mass is 32.2. The lowest BCUT2D eigenvalue weighted by Gasteiger charge is -2.14. The Bertz CT molecular complexity index is 976. The highest BCUT2D eigenvalue weighted by Crippen LogP contribution is 2.35. The Morgan fingerprint density at radius 3 is 2.53 bits per heavy atom. The van der Waals surface area contributed by atoms with Crippen LogP contribution in [-0.4, -0.2) is 47.9 Å². The zero-order valence-corrected chi connectivity index (χ0v) is 17.6. The summed E-state index contributed by atoms with van der Waals surface area (Å²) in [6, 6.07) is 14.4. The lowest BCUT2D eigenvalue weighted by molar-refractivity contribution is -0.127. The molecule has 30 heavy (non-hydrogen) atoms. The molecule has 1 fully saturated rings. The van der Waals surface area contributed by atoms with Gasteiger partial charge in [-0.2, -0.15) is 0 Å². The molecular formula is C22H23N3O4S. The molecule has 8 heteroatoms. The van der Waals surface area contributed by atoms with E-state index in [0.717, 1.165) is 0 Å². The lowest BCUT2D eigenvalue weighted by Crippen LogP contribution is -2.33. The van der Waals surface area contributed by atoms with Gasteiger partial charge in [-0.15, -0.1) is 6.58 Å². The summed E-state index contributed by atoms with van der Waals surface area (Å²) in [6.07, 6.45) is 1.65. The van der Waals surface area contributed by atoms with Crippen LogP contribution >= 0.6 is 11.8 Å². The first-order chi connectivity index (χ1) is 14.6. The smallest absolute Gasteiger partial charge is 0.242 e. The molecule has 7 nitrogen and oxygen atoms in total. The van der Waals surface area contributed by atoms with Crippen molar-refractivity contribution in [1.82, 2.24) is 4.90 Å². The van der Waals surface area contributed by atoms with Crippen molar-refractivity contribution in [2.75, 3.05) is 26.1 Å². The van der Waals surface area contributed by atoms with Crippen LogP contribution in [0.4, 0.5) is 11.4 Å². The van der Waals surface area contributed by atoms with E-state index in [1.165, 1.54) is 23.8 Å².